The van der Waals surface area contributed by atoms with Crippen molar-refractivity contribution in [3.05, 3.63) is 100 Å². The Morgan fingerprint density at radius 1 is 1.08 bits per heavy atom. The van der Waals surface area contributed by atoms with Crippen molar-refractivity contribution in [1.29, 1.82) is 0 Å². The maximum Gasteiger partial charge on any atom is 0.311 e. The number of hydrogen-bond donors (Lipinski definition) is 0. The summed E-state index contributed by atoms with van der Waals surface area (Å²) >= 11 is 0. The smallest absolute Gasteiger partial charge is 0.311 e. The fraction of sp³-hybridized carbons (Fsp3) is 0.259. The van der Waals surface area contributed by atoms with Crippen molar-refractivity contribution in [2.45, 2.75) is 26.0 Å². The van der Waals surface area contributed by atoms with Gasteiger partial charge in [-0.25, -0.2) is 9.37 Å². The quantitative estimate of drug-likeness (QED) is 0.383. The second-order valence-electron chi connectivity index (χ2n) is 8.72. The number of nitrogens with zero attached hydrogens (tertiary/aromatic N) is 3. The van der Waals surface area contributed by atoms with Gasteiger partial charge in [-0.15, -0.1) is 0 Å². The van der Waals surface area contributed by atoms with E-state index in [0.717, 1.165) is 0 Å². The number of ether oxygens (including phenoxy) is 1. The molecule has 1 unspecified atom stereocenters. The summed E-state index contributed by atoms with van der Waals surface area (Å²) in [5.41, 5.74) is 0.627. The van der Waals surface area contributed by atoms with Crippen LogP contribution in [0.3, 0.4) is 0 Å². The molecule has 3 heterocycles. The Bertz CT molecular complexity index is 1450. The average molecular weight is 490 g/mol. The van der Waals surface area contributed by atoms with Crippen LogP contribution in [0.1, 0.15) is 34.8 Å². The molecule has 5 rings (SSSR count). The van der Waals surface area contributed by atoms with E-state index in [-0.39, 0.29) is 31.2 Å². The van der Waals surface area contributed by atoms with E-state index < -0.39 is 17.7 Å². The summed E-state index contributed by atoms with van der Waals surface area (Å²) in [6.07, 6.45) is 2.75. The molecule has 1 fully saturated rings. The van der Waals surface area contributed by atoms with E-state index in [9.17, 15) is 18.8 Å². The second kappa shape index (κ2) is 10.2. The number of amides is 1. The van der Waals surface area contributed by atoms with E-state index in [1.807, 2.05) is 0 Å². The number of carbonyl (C=O) groups excluding carboxylic acids is 2. The third kappa shape index (κ3) is 4.91. The van der Waals surface area contributed by atoms with Crippen LogP contribution in [-0.4, -0.2) is 39.4 Å². The molecule has 1 amide bonds. The van der Waals surface area contributed by atoms with E-state index in [2.05, 4.69) is 4.98 Å². The zero-order chi connectivity index (χ0) is 25.1. The highest BCUT2D eigenvalue weighted by atomic mass is 19.1. The standard InChI is InChI=1S/C27H24FN3O5/c28-20-11-9-18(10-12-20)25(32)30-13-3-5-19(15-30)27(34)36-17-24-29-23-8-2-1-7-22(23)26(33)31(24)16-21-6-4-14-35-21/h1-2,4,6-12,14,19H,3,5,13,15-17H2. The molecule has 1 aliphatic heterocycles. The lowest BCUT2D eigenvalue weighted by Crippen LogP contribution is -2.42. The largest absolute Gasteiger partial charge is 0.467 e. The van der Waals surface area contributed by atoms with Crippen LogP contribution in [0, 0.1) is 11.7 Å². The molecule has 36 heavy (non-hydrogen) atoms. The molecule has 2 aromatic heterocycles. The number of halogens is 1. The van der Waals surface area contributed by atoms with Gasteiger partial charge < -0.3 is 14.1 Å². The van der Waals surface area contributed by atoms with Crippen molar-refractivity contribution >= 4 is 22.8 Å². The number of fused-ring (bicyclic) bond motifs is 1. The Hall–Kier alpha value is -4.27. The summed E-state index contributed by atoms with van der Waals surface area (Å²) in [6, 6.07) is 15.8. The first-order valence-electron chi connectivity index (χ1n) is 11.7. The van der Waals surface area contributed by atoms with Crippen LogP contribution >= 0.6 is 0 Å². The van der Waals surface area contributed by atoms with Gasteiger partial charge in [0.1, 0.15) is 18.2 Å². The van der Waals surface area contributed by atoms with Crippen molar-refractivity contribution in [3.8, 4) is 0 Å². The predicted octanol–water partition coefficient (Wildman–Crippen LogP) is 3.77. The van der Waals surface area contributed by atoms with Crippen molar-refractivity contribution in [3.63, 3.8) is 0 Å². The van der Waals surface area contributed by atoms with Crippen LogP contribution in [0.4, 0.5) is 4.39 Å². The van der Waals surface area contributed by atoms with Gasteiger partial charge in [0.25, 0.3) is 11.5 Å². The molecule has 1 saturated heterocycles. The fourth-order valence-corrected chi connectivity index (χ4v) is 4.43. The predicted molar refractivity (Wildman–Crippen MR) is 129 cm³/mol. The lowest BCUT2D eigenvalue weighted by Gasteiger charge is -2.31. The monoisotopic (exact) mass is 489 g/mol. The van der Waals surface area contributed by atoms with Crippen molar-refractivity contribution < 1.29 is 23.1 Å². The first kappa shape index (κ1) is 23.5. The minimum atomic E-state index is -0.506. The van der Waals surface area contributed by atoms with Crippen LogP contribution in [0.2, 0.25) is 0 Å². The van der Waals surface area contributed by atoms with Crippen molar-refractivity contribution in [2.75, 3.05) is 13.1 Å². The number of piperidine rings is 1. The summed E-state index contributed by atoms with van der Waals surface area (Å²) < 4.78 is 25.7. The van der Waals surface area contributed by atoms with E-state index in [4.69, 9.17) is 9.15 Å². The second-order valence-corrected chi connectivity index (χ2v) is 8.72. The molecule has 2 aromatic carbocycles. The zero-order valence-corrected chi connectivity index (χ0v) is 19.4. The van der Waals surface area contributed by atoms with E-state index in [0.29, 0.717) is 47.4 Å². The van der Waals surface area contributed by atoms with E-state index in [1.165, 1.54) is 35.1 Å². The summed E-state index contributed by atoms with van der Waals surface area (Å²) in [6.45, 7) is 0.677. The van der Waals surface area contributed by atoms with E-state index >= 15 is 0 Å². The van der Waals surface area contributed by atoms with Gasteiger partial charge in [-0.1, -0.05) is 12.1 Å². The minimum Gasteiger partial charge on any atom is -0.467 e. The number of furan rings is 1. The third-order valence-corrected chi connectivity index (χ3v) is 6.31. The Balaban J connectivity index is 1.31. The molecule has 8 nitrogen and oxygen atoms in total. The van der Waals surface area contributed by atoms with Crippen LogP contribution in [-0.2, 0) is 22.7 Å². The molecule has 0 spiro atoms. The number of esters is 1. The van der Waals surface area contributed by atoms with Crippen LogP contribution in [0.5, 0.6) is 0 Å². The van der Waals surface area contributed by atoms with Crippen LogP contribution < -0.4 is 5.56 Å². The Morgan fingerprint density at radius 3 is 2.67 bits per heavy atom. The lowest BCUT2D eigenvalue weighted by molar-refractivity contribution is -0.151. The number of aromatic nitrogens is 2. The molecule has 0 N–H and O–H groups in total. The summed E-state index contributed by atoms with van der Waals surface area (Å²) in [4.78, 5) is 45.1. The molecule has 0 saturated carbocycles. The summed E-state index contributed by atoms with van der Waals surface area (Å²) in [7, 11) is 0. The number of benzene rings is 2. The van der Waals surface area contributed by atoms with Gasteiger partial charge in [0, 0.05) is 18.7 Å². The molecule has 4 aromatic rings. The van der Waals surface area contributed by atoms with Gasteiger partial charge in [0.15, 0.2) is 5.82 Å². The molecule has 1 aliphatic rings. The number of carbonyl (C=O) groups is 2. The number of likely N-dealkylation sites (tertiary alicyclic amines) is 1. The van der Waals surface area contributed by atoms with Gasteiger partial charge in [-0.2, -0.15) is 0 Å². The maximum absolute atomic E-state index is 13.2. The molecule has 0 aliphatic carbocycles. The van der Waals surface area contributed by atoms with Gasteiger partial charge in [0.2, 0.25) is 0 Å². The van der Waals surface area contributed by atoms with Gasteiger partial charge in [-0.3, -0.25) is 19.0 Å². The average Bonchev–Trinajstić information content (AvgIpc) is 3.42. The molecule has 9 heteroatoms. The summed E-state index contributed by atoms with van der Waals surface area (Å²) in [5.74, 6) is -0.759. The Labute approximate surface area is 205 Å². The minimum absolute atomic E-state index is 0.153. The maximum atomic E-state index is 13.2. The third-order valence-electron chi connectivity index (χ3n) is 6.31. The fourth-order valence-electron chi connectivity index (χ4n) is 4.43. The first-order valence-corrected chi connectivity index (χ1v) is 11.7. The molecule has 0 bridgehead atoms. The molecule has 184 valence electrons. The first-order chi connectivity index (χ1) is 17.5. The van der Waals surface area contributed by atoms with Crippen LogP contribution in [0.15, 0.2) is 76.1 Å². The number of rotatable bonds is 6. The molecular weight excluding hydrogens is 465 g/mol. The SMILES string of the molecule is O=C(OCc1nc2ccccc2c(=O)n1Cc1ccco1)C1CCCN(C(=O)c2ccc(F)cc2)C1. The van der Waals surface area contributed by atoms with Crippen molar-refractivity contribution in [1.82, 2.24) is 14.5 Å². The molecule has 1 atom stereocenters. The van der Waals surface area contributed by atoms with Crippen LogP contribution in [0.25, 0.3) is 10.9 Å². The highest BCUT2D eigenvalue weighted by Crippen LogP contribution is 2.21. The molecule has 0 radical (unpaired) electrons. The Morgan fingerprint density at radius 2 is 1.89 bits per heavy atom. The van der Waals surface area contributed by atoms with Crippen molar-refractivity contribution in [2.24, 2.45) is 5.92 Å². The normalized spacial score (nSPS) is 15.7. The number of hydrogen-bond acceptors (Lipinski definition) is 6. The van der Waals surface area contributed by atoms with E-state index in [1.54, 1.807) is 41.3 Å². The number of para-hydroxylation sites is 1. The zero-order valence-electron chi connectivity index (χ0n) is 19.4. The highest BCUT2D eigenvalue weighted by Gasteiger charge is 2.30. The Kier molecular flexibility index (Phi) is 6.62. The highest BCUT2D eigenvalue weighted by molar-refractivity contribution is 5.94. The van der Waals surface area contributed by atoms with Gasteiger partial charge in [-0.05, 0) is 61.4 Å². The lowest BCUT2D eigenvalue weighted by atomic mass is 9.97. The molecular formula is C27H24FN3O5. The van der Waals surface area contributed by atoms with Gasteiger partial charge in [0.05, 0.1) is 29.6 Å². The topological polar surface area (TPSA) is 94.6 Å². The van der Waals surface area contributed by atoms with Gasteiger partial charge >= 0.3 is 5.97 Å². The summed E-state index contributed by atoms with van der Waals surface area (Å²) in [5, 5.41) is 0.460.